The van der Waals surface area contributed by atoms with Gasteiger partial charge in [-0.25, -0.2) is 8.42 Å². The predicted octanol–water partition coefficient (Wildman–Crippen LogP) is 4.46. The van der Waals surface area contributed by atoms with E-state index >= 15 is 0 Å². The van der Waals surface area contributed by atoms with Gasteiger partial charge in [-0.05, 0) is 60.7 Å². The first-order valence-electron chi connectivity index (χ1n) is 9.79. The van der Waals surface area contributed by atoms with E-state index in [4.69, 9.17) is 21.1 Å². The normalized spacial score (nSPS) is 11.1. The zero-order valence-corrected chi connectivity index (χ0v) is 20.3. The maximum atomic E-state index is 12.8. The van der Waals surface area contributed by atoms with Gasteiger partial charge in [0.15, 0.2) is 0 Å². The van der Waals surface area contributed by atoms with Crippen molar-refractivity contribution < 1.29 is 17.9 Å². The van der Waals surface area contributed by atoms with Crippen LogP contribution in [0, 0.1) is 11.3 Å². The van der Waals surface area contributed by atoms with Crippen molar-refractivity contribution in [3.63, 3.8) is 0 Å². The molecule has 0 unspecified atom stereocenters. The Bertz CT molecular complexity index is 1490. The van der Waals surface area contributed by atoms with Crippen molar-refractivity contribution in [3.8, 4) is 34.0 Å². The molecule has 0 aliphatic carbocycles. The molecule has 1 N–H and O–H groups in total. The SMILES string of the molecule is CCOc1nnc(NS(=O)(=O)c2ccc(Oc3ccc(Cl)cc3-c3ccnn3C)c(C#N)c2)s1. The van der Waals surface area contributed by atoms with Gasteiger partial charge in [0.2, 0.25) is 5.13 Å². The van der Waals surface area contributed by atoms with Gasteiger partial charge in [0.25, 0.3) is 15.2 Å². The summed E-state index contributed by atoms with van der Waals surface area (Å²) in [6, 6.07) is 12.8. The Kier molecular flexibility index (Phi) is 6.69. The molecule has 0 saturated heterocycles. The third-order valence-corrected chi connectivity index (χ3v) is 6.99. The molecule has 2 aromatic carbocycles. The molecule has 10 nitrogen and oxygen atoms in total. The summed E-state index contributed by atoms with van der Waals surface area (Å²) in [6.45, 7) is 2.16. The molecule has 0 spiro atoms. The number of rotatable bonds is 8. The number of nitrogens with one attached hydrogen (secondary N) is 1. The summed E-state index contributed by atoms with van der Waals surface area (Å²) in [6.07, 6.45) is 1.64. The lowest BCUT2D eigenvalue weighted by Gasteiger charge is -2.14. The lowest BCUT2D eigenvalue weighted by Crippen LogP contribution is -2.13. The van der Waals surface area contributed by atoms with Crippen LogP contribution in [0.2, 0.25) is 5.02 Å². The molecule has 4 aromatic rings. The van der Waals surface area contributed by atoms with Gasteiger partial charge in [-0.2, -0.15) is 10.4 Å². The van der Waals surface area contributed by atoms with Gasteiger partial charge in [0.1, 0.15) is 17.6 Å². The lowest BCUT2D eigenvalue weighted by molar-refractivity contribution is 0.335. The smallest absolute Gasteiger partial charge is 0.295 e. The molecule has 2 heterocycles. The zero-order valence-electron chi connectivity index (χ0n) is 17.9. The zero-order chi connectivity index (χ0) is 24.3. The Morgan fingerprint density at radius 1 is 1.18 bits per heavy atom. The van der Waals surface area contributed by atoms with Crippen LogP contribution in [0.4, 0.5) is 5.13 Å². The molecule has 0 amide bonds. The van der Waals surface area contributed by atoms with E-state index in [1.807, 2.05) is 6.07 Å². The van der Waals surface area contributed by atoms with Crippen molar-refractivity contribution in [3.05, 3.63) is 59.2 Å². The topological polar surface area (TPSA) is 132 Å². The van der Waals surface area contributed by atoms with Gasteiger partial charge >= 0.3 is 0 Å². The van der Waals surface area contributed by atoms with E-state index < -0.39 is 10.0 Å². The first-order chi connectivity index (χ1) is 16.3. The van der Waals surface area contributed by atoms with Gasteiger partial charge < -0.3 is 9.47 Å². The van der Waals surface area contributed by atoms with E-state index in [1.54, 1.807) is 49.1 Å². The molecule has 2 aromatic heterocycles. The van der Waals surface area contributed by atoms with Crippen molar-refractivity contribution >= 4 is 38.1 Å². The average Bonchev–Trinajstić information content (AvgIpc) is 3.43. The molecular formula is C21H17ClN6O4S2. The highest BCUT2D eigenvalue weighted by molar-refractivity contribution is 7.93. The summed E-state index contributed by atoms with van der Waals surface area (Å²) in [5, 5.41) is 22.1. The molecule has 34 heavy (non-hydrogen) atoms. The second-order valence-electron chi connectivity index (χ2n) is 6.76. The number of nitrogens with zero attached hydrogens (tertiary/aromatic N) is 5. The number of aromatic nitrogens is 4. The van der Waals surface area contributed by atoms with E-state index in [1.165, 1.54) is 18.2 Å². The summed E-state index contributed by atoms with van der Waals surface area (Å²) in [5.41, 5.74) is 1.44. The van der Waals surface area contributed by atoms with Crippen molar-refractivity contribution in [1.29, 1.82) is 5.26 Å². The fourth-order valence-corrected chi connectivity index (χ4v) is 5.09. The predicted molar refractivity (Wildman–Crippen MR) is 127 cm³/mol. The standard InChI is InChI=1S/C21H17ClN6O4S2/c1-3-31-21-26-25-20(33-21)27-34(29,30)15-5-7-18(13(10-15)12-23)32-19-6-4-14(22)11-16(19)17-8-9-24-28(17)2/h4-11H,3H2,1-2H3,(H,25,27). The molecule has 0 aliphatic rings. The fourth-order valence-electron chi connectivity index (χ4n) is 3.01. The second-order valence-corrected chi connectivity index (χ2v) is 9.82. The molecule has 0 fully saturated rings. The minimum absolute atomic E-state index is 0.0288. The first-order valence-corrected chi connectivity index (χ1v) is 12.5. The number of aryl methyl sites for hydroxylation is 1. The van der Waals surface area contributed by atoms with Gasteiger partial charge in [-0.3, -0.25) is 9.40 Å². The van der Waals surface area contributed by atoms with Crippen molar-refractivity contribution in [2.24, 2.45) is 7.05 Å². The van der Waals surface area contributed by atoms with E-state index in [2.05, 4.69) is 20.0 Å². The molecular weight excluding hydrogens is 500 g/mol. The Morgan fingerprint density at radius 2 is 1.97 bits per heavy atom. The van der Waals surface area contributed by atoms with Crippen molar-refractivity contribution in [2.75, 3.05) is 11.3 Å². The molecule has 4 rings (SSSR count). The van der Waals surface area contributed by atoms with Gasteiger partial charge in [0, 0.05) is 23.8 Å². The number of hydrogen-bond acceptors (Lipinski definition) is 9. The largest absolute Gasteiger partial charge is 0.469 e. The van der Waals surface area contributed by atoms with E-state index in [0.717, 1.165) is 17.0 Å². The fraction of sp³-hybridized carbons (Fsp3) is 0.143. The minimum Gasteiger partial charge on any atom is -0.469 e. The number of halogens is 1. The number of anilines is 1. The van der Waals surface area contributed by atoms with Crippen LogP contribution in [-0.2, 0) is 17.1 Å². The maximum Gasteiger partial charge on any atom is 0.295 e. The Labute approximate surface area is 204 Å². The number of sulfonamides is 1. The van der Waals surface area contributed by atoms with Crippen LogP contribution in [0.3, 0.4) is 0 Å². The molecule has 0 atom stereocenters. The highest BCUT2D eigenvalue weighted by Crippen LogP contribution is 2.37. The third-order valence-electron chi connectivity index (χ3n) is 4.54. The van der Waals surface area contributed by atoms with E-state index in [0.29, 0.717) is 22.9 Å². The van der Waals surface area contributed by atoms with Crippen molar-refractivity contribution in [2.45, 2.75) is 11.8 Å². The highest BCUT2D eigenvalue weighted by Gasteiger charge is 2.20. The Balaban J connectivity index is 1.64. The van der Waals surface area contributed by atoms with E-state index in [-0.39, 0.29) is 26.5 Å². The quantitative estimate of drug-likeness (QED) is 0.363. The molecule has 0 bridgehead atoms. The van der Waals surface area contributed by atoms with E-state index in [9.17, 15) is 13.7 Å². The Morgan fingerprint density at radius 3 is 2.68 bits per heavy atom. The number of ether oxygens (including phenoxy) is 2. The Hall–Kier alpha value is -3.66. The molecule has 0 saturated carbocycles. The lowest BCUT2D eigenvalue weighted by atomic mass is 10.1. The van der Waals surface area contributed by atoms with Crippen LogP contribution in [0.15, 0.2) is 53.6 Å². The summed E-state index contributed by atoms with van der Waals surface area (Å²) >= 11 is 7.13. The average molecular weight is 517 g/mol. The number of hydrogen-bond donors (Lipinski definition) is 1. The summed E-state index contributed by atoms with van der Waals surface area (Å²) in [7, 11) is -2.24. The van der Waals surface area contributed by atoms with Crippen LogP contribution in [-0.4, -0.2) is 35.0 Å². The van der Waals surface area contributed by atoms with Crippen LogP contribution >= 0.6 is 22.9 Å². The van der Waals surface area contributed by atoms with Crippen molar-refractivity contribution in [1.82, 2.24) is 20.0 Å². The summed E-state index contributed by atoms with van der Waals surface area (Å²) < 4.78 is 40.8. The molecule has 0 aliphatic heterocycles. The van der Waals surface area contributed by atoms with Crippen LogP contribution < -0.4 is 14.2 Å². The van der Waals surface area contributed by atoms with Crippen LogP contribution in [0.1, 0.15) is 12.5 Å². The number of nitriles is 1. The van der Waals surface area contributed by atoms with Crippen LogP contribution in [0.25, 0.3) is 11.3 Å². The molecule has 0 radical (unpaired) electrons. The highest BCUT2D eigenvalue weighted by atomic mass is 35.5. The number of benzene rings is 2. The van der Waals surface area contributed by atoms with Gasteiger partial charge in [-0.15, -0.1) is 5.10 Å². The van der Waals surface area contributed by atoms with Gasteiger partial charge in [-0.1, -0.05) is 16.7 Å². The first kappa shape index (κ1) is 23.5. The minimum atomic E-state index is -4.03. The second kappa shape index (κ2) is 9.68. The summed E-state index contributed by atoms with van der Waals surface area (Å²) in [4.78, 5) is -0.132. The maximum absolute atomic E-state index is 12.8. The van der Waals surface area contributed by atoms with Gasteiger partial charge in [0.05, 0.1) is 22.8 Å². The molecule has 174 valence electrons. The van der Waals surface area contributed by atoms with Crippen LogP contribution in [0.5, 0.6) is 16.7 Å². The summed E-state index contributed by atoms with van der Waals surface area (Å²) in [5.74, 6) is 0.609. The third kappa shape index (κ3) is 4.96. The molecule has 13 heteroatoms. The monoisotopic (exact) mass is 516 g/mol.